The number of hydrogen-bond donors (Lipinski definition) is 2. The van der Waals surface area contributed by atoms with E-state index in [1.807, 2.05) is 48.2 Å². The number of benzene rings is 2. The molecule has 34 heavy (non-hydrogen) atoms. The molecule has 3 aromatic rings. The number of hydrogen-bond acceptors (Lipinski definition) is 8. The molecule has 0 bridgehead atoms. The fraction of sp³-hybridized carbons (Fsp3) is 0.261. The van der Waals surface area contributed by atoms with Crippen LogP contribution in [-0.4, -0.2) is 53.7 Å². The van der Waals surface area contributed by atoms with E-state index < -0.39 is 0 Å². The Bertz CT molecular complexity index is 1240. The lowest BCUT2D eigenvalue weighted by Gasteiger charge is -2.27. The van der Waals surface area contributed by atoms with Crippen molar-refractivity contribution in [3.8, 4) is 0 Å². The number of nitrogens with zero attached hydrogens (tertiary/aromatic N) is 5. The zero-order chi connectivity index (χ0) is 24.2. The van der Waals surface area contributed by atoms with Gasteiger partial charge in [-0.3, -0.25) is 14.9 Å². The minimum atomic E-state index is -0.385. The number of nitrogens with one attached hydrogen (secondary N) is 1. The molecule has 0 spiro atoms. The summed E-state index contributed by atoms with van der Waals surface area (Å²) in [5.41, 5.74) is 9.42. The van der Waals surface area contributed by atoms with Gasteiger partial charge in [-0.1, -0.05) is 12.1 Å². The molecule has 10 nitrogen and oxygen atoms in total. The summed E-state index contributed by atoms with van der Waals surface area (Å²) in [6.45, 7) is 0.562. The fourth-order valence-electron chi connectivity index (χ4n) is 3.60. The SMILES string of the molecule is CN(C)c1ccc(N=C(C[N+](=O)[O-])N2CCc3nc(C(=O)Nc4ccccc4N)sc3C2)cc1. The number of nitrogen functional groups attached to an aromatic ring is 1. The molecule has 0 unspecified atom stereocenters. The minimum Gasteiger partial charge on any atom is -0.397 e. The van der Waals surface area contributed by atoms with Crippen molar-refractivity contribution in [3.05, 3.63) is 74.2 Å². The molecule has 0 saturated heterocycles. The molecule has 0 radical (unpaired) electrons. The van der Waals surface area contributed by atoms with Crippen LogP contribution in [0.3, 0.4) is 0 Å². The fourth-order valence-corrected chi connectivity index (χ4v) is 4.61. The van der Waals surface area contributed by atoms with Crippen molar-refractivity contribution < 1.29 is 9.72 Å². The average molecular weight is 480 g/mol. The maximum atomic E-state index is 12.7. The third-order valence-corrected chi connectivity index (χ3v) is 6.48. The van der Waals surface area contributed by atoms with Crippen molar-refractivity contribution in [3.63, 3.8) is 0 Å². The van der Waals surface area contributed by atoms with Crippen LogP contribution >= 0.6 is 11.3 Å². The third-order valence-electron chi connectivity index (χ3n) is 5.39. The molecule has 176 valence electrons. The maximum Gasteiger partial charge on any atom is 0.284 e. The number of para-hydroxylation sites is 2. The first kappa shape index (κ1) is 23.2. The summed E-state index contributed by atoms with van der Waals surface area (Å²) in [5, 5.41) is 14.5. The van der Waals surface area contributed by atoms with E-state index in [2.05, 4.69) is 15.3 Å². The number of thiazole rings is 1. The van der Waals surface area contributed by atoms with Crippen molar-refractivity contribution in [2.75, 3.05) is 43.1 Å². The van der Waals surface area contributed by atoms with Crippen LogP contribution < -0.4 is 16.0 Å². The van der Waals surface area contributed by atoms with Crippen molar-refractivity contribution in [1.82, 2.24) is 9.88 Å². The quantitative estimate of drug-likeness (QED) is 0.182. The van der Waals surface area contributed by atoms with Gasteiger partial charge in [0.05, 0.1) is 29.3 Å². The predicted octanol–water partition coefficient (Wildman–Crippen LogP) is 3.41. The first-order valence-corrected chi connectivity index (χ1v) is 11.5. The second-order valence-corrected chi connectivity index (χ2v) is 9.12. The Kier molecular flexibility index (Phi) is 6.73. The smallest absolute Gasteiger partial charge is 0.284 e. The van der Waals surface area contributed by atoms with E-state index in [4.69, 9.17) is 5.73 Å². The van der Waals surface area contributed by atoms with E-state index in [1.54, 1.807) is 24.3 Å². The van der Waals surface area contributed by atoms with Crippen LogP contribution in [0.5, 0.6) is 0 Å². The normalized spacial score (nSPS) is 13.4. The van der Waals surface area contributed by atoms with Crippen LogP contribution in [0.2, 0.25) is 0 Å². The molecule has 2 aromatic carbocycles. The highest BCUT2D eigenvalue weighted by molar-refractivity contribution is 7.13. The minimum absolute atomic E-state index is 0.330. The Labute approximate surface area is 200 Å². The molecule has 11 heteroatoms. The molecule has 0 atom stereocenters. The highest BCUT2D eigenvalue weighted by Gasteiger charge is 2.27. The monoisotopic (exact) mass is 479 g/mol. The third kappa shape index (κ3) is 5.31. The number of fused-ring (bicyclic) bond motifs is 1. The van der Waals surface area contributed by atoms with Gasteiger partial charge in [0.15, 0.2) is 10.8 Å². The summed E-state index contributed by atoms with van der Waals surface area (Å²) in [5.74, 6) is 0.0497. The van der Waals surface area contributed by atoms with E-state index in [-0.39, 0.29) is 17.4 Å². The number of rotatable bonds is 6. The van der Waals surface area contributed by atoms with Gasteiger partial charge in [0, 0.05) is 42.5 Å². The van der Waals surface area contributed by atoms with Gasteiger partial charge in [-0.15, -0.1) is 11.3 Å². The van der Waals surface area contributed by atoms with Gasteiger partial charge in [-0.05, 0) is 36.4 Å². The van der Waals surface area contributed by atoms with Crippen LogP contribution in [0.25, 0.3) is 0 Å². The predicted molar refractivity (Wildman–Crippen MR) is 135 cm³/mol. The van der Waals surface area contributed by atoms with Crippen molar-refractivity contribution in [2.24, 2.45) is 4.99 Å². The molecule has 1 amide bonds. The van der Waals surface area contributed by atoms with Crippen LogP contribution in [0.4, 0.5) is 22.7 Å². The second kappa shape index (κ2) is 9.87. The van der Waals surface area contributed by atoms with Gasteiger partial charge in [0.1, 0.15) is 0 Å². The number of amidine groups is 1. The van der Waals surface area contributed by atoms with Gasteiger partial charge >= 0.3 is 0 Å². The molecule has 1 aromatic heterocycles. The summed E-state index contributed by atoms with van der Waals surface area (Å²) in [6.07, 6.45) is 0.572. The second-order valence-electron chi connectivity index (χ2n) is 8.03. The lowest BCUT2D eigenvalue weighted by molar-refractivity contribution is -0.464. The number of amides is 1. The average Bonchev–Trinajstić information content (AvgIpc) is 3.24. The molecular weight excluding hydrogens is 454 g/mol. The lowest BCUT2D eigenvalue weighted by atomic mass is 10.1. The Hall–Kier alpha value is -3.99. The standard InChI is InChI=1S/C23H25N7O3S/c1-28(2)16-9-7-15(8-10-16)25-21(14-30(32)33)29-12-11-19-20(13-29)34-23(27-19)22(31)26-18-6-4-3-5-17(18)24/h3-10H,11-14,24H2,1-2H3,(H,26,31). The largest absolute Gasteiger partial charge is 0.397 e. The van der Waals surface area contributed by atoms with Gasteiger partial charge < -0.3 is 20.9 Å². The maximum absolute atomic E-state index is 12.7. The Morgan fingerprint density at radius 1 is 1.26 bits per heavy atom. The van der Waals surface area contributed by atoms with Crippen molar-refractivity contribution in [2.45, 2.75) is 13.0 Å². The Morgan fingerprint density at radius 3 is 2.68 bits per heavy atom. The molecule has 1 aliphatic heterocycles. The van der Waals surface area contributed by atoms with E-state index in [9.17, 15) is 14.9 Å². The van der Waals surface area contributed by atoms with E-state index >= 15 is 0 Å². The Balaban J connectivity index is 1.53. The van der Waals surface area contributed by atoms with E-state index in [0.29, 0.717) is 47.4 Å². The molecule has 0 fully saturated rings. The topological polar surface area (TPSA) is 130 Å². The summed E-state index contributed by atoms with van der Waals surface area (Å²) in [6, 6.07) is 14.6. The first-order valence-electron chi connectivity index (χ1n) is 10.7. The molecular formula is C23H25N7O3S. The van der Waals surface area contributed by atoms with Crippen LogP contribution in [0.1, 0.15) is 20.4 Å². The number of nitrogens with two attached hydrogens (primary N) is 1. The zero-order valence-electron chi connectivity index (χ0n) is 18.9. The number of anilines is 3. The zero-order valence-corrected chi connectivity index (χ0v) is 19.7. The van der Waals surface area contributed by atoms with E-state index in [0.717, 1.165) is 16.3 Å². The van der Waals surface area contributed by atoms with Crippen LogP contribution in [0, 0.1) is 10.1 Å². The molecule has 2 heterocycles. The van der Waals surface area contributed by atoms with E-state index in [1.165, 1.54) is 11.3 Å². The highest BCUT2D eigenvalue weighted by Crippen LogP contribution is 2.28. The van der Waals surface area contributed by atoms with Gasteiger partial charge in [0.25, 0.3) is 12.5 Å². The number of aromatic nitrogens is 1. The number of carbonyl (C=O) groups is 1. The number of aliphatic imine (C=N–C) groups is 1. The highest BCUT2D eigenvalue weighted by atomic mass is 32.1. The summed E-state index contributed by atoms with van der Waals surface area (Å²) in [7, 11) is 3.89. The van der Waals surface area contributed by atoms with Gasteiger partial charge in [-0.25, -0.2) is 9.98 Å². The van der Waals surface area contributed by atoms with Crippen molar-refractivity contribution in [1.29, 1.82) is 0 Å². The first-order chi connectivity index (χ1) is 16.3. The summed E-state index contributed by atoms with van der Waals surface area (Å²) in [4.78, 5) is 37.5. The molecule has 3 N–H and O–H groups in total. The van der Waals surface area contributed by atoms with Crippen molar-refractivity contribution >= 4 is 45.8 Å². The van der Waals surface area contributed by atoms with Gasteiger partial charge in [0.2, 0.25) is 0 Å². The van der Waals surface area contributed by atoms with Gasteiger partial charge in [-0.2, -0.15) is 0 Å². The van der Waals surface area contributed by atoms with Crippen LogP contribution in [0.15, 0.2) is 53.5 Å². The number of carbonyl (C=O) groups excluding carboxylic acids is 1. The molecule has 1 aliphatic rings. The molecule has 0 aliphatic carbocycles. The summed E-state index contributed by atoms with van der Waals surface area (Å²) < 4.78 is 0. The molecule has 0 saturated carbocycles. The number of nitro groups is 1. The Morgan fingerprint density at radius 2 is 2.00 bits per heavy atom. The van der Waals surface area contributed by atoms with Crippen LogP contribution in [-0.2, 0) is 13.0 Å². The summed E-state index contributed by atoms with van der Waals surface area (Å²) >= 11 is 1.28. The molecule has 4 rings (SSSR count). The lowest BCUT2D eigenvalue weighted by Crippen LogP contribution is -2.39.